The fraction of sp³-hybridized carbons (Fsp3) is 0.469. The summed E-state index contributed by atoms with van der Waals surface area (Å²) in [5.41, 5.74) is 5.41. The number of imidazole rings is 1. The summed E-state index contributed by atoms with van der Waals surface area (Å²) in [7, 11) is 1.49. The van der Waals surface area contributed by atoms with Gasteiger partial charge in [-0.2, -0.15) is 0 Å². The molecule has 2 amide bonds. The number of benzene rings is 1. The van der Waals surface area contributed by atoms with Crippen LogP contribution in [0.2, 0.25) is 0 Å². The van der Waals surface area contributed by atoms with Crippen LogP contribution in [0.15, 0.2) is 46.6 Å². The molecule has 3 atom stereocenters. The van der Waals surface area contributed by atoms with Gasteiger partial charge >= 0.3 is 0 Å². The van der Waals surface area contributed by atoms with Crippen LogP contribution < -0.4 is 4.74 Å². The van der Waals surface area contributed by atoms with Crippen LogP contribution in [0.3, 0.4) is 0 Å². The van der Waals surface area contributed by atoms with E-state index in [0.717, 1.165) is 41.0 Å². The Hall–Kier alpha value is -4.03. The number of carbonyl (C=O) groups is 2. The van der Waals surface area contributed by atoms with E-state index in [9.17, 15) is 14.7 Å². The van der Waals surface area contributed by atoms with Gasteiger partial charge in [-0.15, -0.1) is 11.3 Å². The molecule has 0 radical (unpaired) electrons. The molecule has 1 aliphatic carbocycles. The van der Waals surface area contributed by atoms with Gasteiger partial charge in [0.25, 0.3) is 11.8 Å². The number of thiazole rings is 1. The molecule has 1 saturated heterocycles. The number of ether oxygens (including phenoxy) is 1. The zero-order valence-electron chi connectivity index (χ0n) is 25.4. The Morgan fingerprint density at radius 3 is 2.61 bits per heavy atom. The lowest BCUT2D eigenvalue weighted by Crippen LogP contribution is -2.43. The molecule has 4 aromatic rings. The number of carbonyl (C=O) groups excluding carboxylic acids is 2. The summed E-state index contributed by atoms with van der Waals surface area (Å²) in [6.07, 6.45) is 4.17. The maximum Gasteiger partial charge on any atom is 0.272 e. The molecule has 12 heteroatoms. The summed E-state index contributed by atoms with van der Waals surface area (Å²) in [6, 6.07) is 9.60. The van der Waals surface area contributed by atoms with Crippen molar-refractivity contribution in [2.45, 2.75) is 77.1 Å². The number of nitrogens with one attached hydrogen (secondary N) is 1. The van der Waals surface area contributed by atoms with Crippen molar-refractivity contribution in [2.24, 2.45) is 5.92 Å². The Morgan fingerprint density at radius 2 is 2.00 bits per heavy atom. The Balaban J connectivity index is 1.20. The summed E-state index contributed by atoms with van der Waals surface area (Å²) in [6.45, 7) is 6.53. The predicted octanol–water partition coefficient (Wildman–Crippen LogP) is 5.11. The van der Waals surface area contributed by atoms with Crippen molar-refractivity contribution in [3.8, 4) is 16.3 Å². The number of likely N-dealkylation sites (tertiary alicyclic amines) is 1. The van der Waals surface area contributed by atoms with Gasteiger partial charge in [0, 0.05) is 31.6 Å². The summed E-state index contributed by atoms with van der Waals surface area (Å²) < 4.78 is 10.6. The molecule has 0 bridgehead atoms. The zero-order valence-corrected chi connectivity index (χ0v) is 26.2. The van der Waals surface area contributed by atoms with E-state index in [1.54, 1.807) is 28.5 Å². The molecule has 1 aromatic carbocycles. The average Bonchev–Trinajstić information content (AvgIpc) is 3.79. The van der Waals surface area contributed by atoms with Gasteiger partial charge in [0.15, 0.2) is 5.76 Å². The third-order valence-electron chi connectivity index (χ3n) is 8.75. The SMILES string of the molecule is COc1cc(C(C(=O)N2C[C@H](O)C[C@H]2c2ncc(C(=O)N(Cc3ccc(-c4scnc4C)cc3)C3CCC3)[nH]2)C(C)C)on1. The number of rotatable bonds is 10. The van der Waals surface area contributed by atoms with Crippen molar-refractivity contribution in [2.75, 3.05) is 13.7 Å². The first-order valence-corrected chi connectivity index (χ1v) is 16.0. The quantitative estimate of drug-likeness (QED) is 0.250. The van der Waals surface area contributed by atoms with Crippen LogP contribution in [0.5, 0.6) is 5.88 Å². The minimum absolute atomic E-state index is 0.0941. The first kappa shape index (κ1) is 30.0. The maximum atomic E-state index is 13.9. The second-order valence-corrected chi connectivity index (χ2v) is 12.9. The molecule has 2 fully saturated rings. The molecule has 4 heterocycles. The fourth-order valence-corrected chi connectivity index (χ4v) is 6.93. The highest BCUT2D eigenvalue weighted by Gasteiger charge is 2.42. The first-order valence-electron chi connectivity index (χ1n) is 15.1. The molecule has 0 spiro atoms. The molecule has 1 aliphatic heterocycles. The number of methoxy groups -OCH3 is 1. The average molecular weight is 619 g/mol. The van der Waals surface area contributed by atoms with E-state index in [4.69, 9.17) is 9.26 Å². The summed E-state index contributed by atoms with van der Waals surface area (Å²) in [5.74, 6) is 0.155. The lowest BCUT2D eigenvalue weighted by molar-refractivity contribution is -0.135. The van der Waals surface area contributed by atoms with Gasteiger partial charge in [-0.1, -0.05) is 38.1 Å². The zero-order chi connectivity index (χ0) is 31.0. The normalized spacial score (nSPS) is 19.3. The van der Waals surface area contributed by atoms with Gasteiger partial charge in [-0.05, 0) is 48.4 Å². The van der Waals surface area contributed by atoms with E-state index in [2.05, 4.69) is 44.4 Å². The third-order valence-corrected chi connectivity index (χ3v) is 9.73. The molecule has 2 N–H and O–H groups in total. The van der Waals surface area contributed by atoms with Gasteiger partial charge < -0.3 is 29.2 Å². The second-order valence-electron chi connectivity index (χ2n) is 12.1. The standard InChI is InChI=1S/C32H38N6O5S/c1-18(2)28(26-13-27(42-4)36-43-26)32(41)38-16-23(39)12-25(38)30-33-14-24(35-30)31(40)37(22-6-5-7-22)15-20-8-10-21(11-9-20)29-19(3)34-17-44-29/h8-11,13-14,17-18,22-23,25,28,39H,5-7,12,15-16H2,1-4H3,(H,33,35)/t23-,25+,28?/m1/s1. The first-order chi connectivity index (χ1) is 21.2. The third kappa shape index (κ3) is 5.88. The van der Waals surface area contributed by atoms with Crippen LogP contribution in [0.4, 0.5) is 0 Å². The number of aromatic amines is 1. The number of aryl methyl sites for hydroxylation is 1. The van der Waals surface area contributed by atoms with Crippen molar-refractivity contribution in [3.05, 3.63) is 70.6 Å². The summed E-state index contributed by atoms with van der Waals surface area (Å²) >= 11 is 1.62. The van der Waals surface area contributed by atoms with Crippen LogP contribution in [0, 0.1) is 12.8 Å². The minimum atomic E-state index is -0.714. The Labute approximate surface area is 260 Å². The van der Waals surface area contributed by atoms with Crippen LogP contribution >= 0.6 is 11.3 Å². The van der Waals surface area contributed by atoms with Crippen molar-refractivity contribution < 1.29 is 24.0 Å². The Morgan fingerprint density at radius 1 is 1.23 bits per heavy atom. The van der Waals surface area contributed by atoms with Crippen molar-refractivity contribution in [1.82, 2.24) is 29.9 Å². The number of hydrogen-bond acceptors (Lipinski definition) is 9. The van der Waals surface area contributed by atoms with Crippen molar-refractivity contribution in [3.63, 3.8) is 0 Å². The number of β-amino-alcohol motifs (C(OH)–C–C–N with tert-alkyl or cyclic N) is 1. The summed E-state index contributed by atoms with van der Waals surface area (Å²) in [4.78, 5) is 44.6. The van der Waals surface area contributed by atoms with Crippen LogP contribution in [0.1, 0.15) is 84.8 Å². The maximum absolute atomic E-state index is 13.9. The minimum Gasteiger partial charge on any atom is -0.479 e. The Bertz CT molecular complexity index is 1610. The van der Waals surface area contributed by atoms with E-state index in [0.29, 0.717) is 36.1 Å². The lowest BCUT2D eigenvalue weighted by Gasteiger charge is -2.37. The number of aliphatic hydroxyl groups is 1. The molecule has 44 heavy (non-hydrogen) atoms. The number of aliphatic hydroxyl groups excluding tert-OH is 1. The van der Waals surface area contributed by atoms with Gasteiger partial charge in [-0.25, -0.2) is 9.97 Å². The van der Waals surface area contributed by atoms with Crippen LogP contribution in [-0.4, -0.2) is 72.6 Å². The number of nitrogens with zero attached hydrogens (tertiary/aromatic N) is 5. The second kappa shape index (κ2) is 12.5. The van der Waals surface area contributed by atoms with Crippen LogP contribution in [0.25, 0.3) is 10.4 Å². The molecule has 1 unspecified atom stereocenters. The molecular weight excluding hydrogens is 580 g/mol. The van der Waals surface area contributed by atoms with E-state index in [-0.39, 0.29) is 30.3 Å². The monoisotopic (exact) mass is 618 g/mol. The van der Waals surface area contributed by atoms with E-state index in [1.165, 1.54) is 7.11 Å². The van der Waals surface area contributed by atoms with Gasteiger partial charge in [-0.3, -0.25) is 9.59 Å². The van der Waals surface area contributed by atoms with E-state index < -0.39 is 18.1 Å². The number of aromatic nitrogens is 4. The van der Waals surface area contributed by atoms with Crippen molar-refractivity contribution in [1.29, 1.82) is 0 Å². The largest absolute Gasteiger partial charge is 0.479 e. The highest BCUT2D eigenvalue weighted by molar-refractivity contribution is 7.13. The van der Waals surface area contributed by atoms with E-state index in [1.807, 2.05) is 31.2 Å². The molecule has 232 valence electrons. The molecule has 6 rings (SSSR count). The fourth-order valence-electron chi connectivity index (χ4n) is 6.12. The number of amides is 2. The van der Waals surface area contributed by atoms with Crippen molar-refractivity contribution >= 4 is 23.2 Å². The lowest BCUT2D eigenvalue weighted by atomic mass is 9.90. The molecule has 1 saturated carbocycles. The van der Waals surface area contributed by atoms with E-state index >= 15 is 0 Å². The van der Waals surface area contributed by atoms with Crippen LogP contribution in [-0.2, 0) is 11.3 Å². The molecule has 2 aliphatic rings. The summed E-state index contributed by atoms with van der Waals surface area (Å²) in [5, 5.41) is 14.5. The smallest absolute Gasteiger partial charge is 0.272 e. The predicted molar refractivity (Wildman–Crippen MR) is 164 cm³/mol. The molecular formula is C32H38N6O5S. The molecule has 3 aromatic heterocycles. The van der Waals surface area contributed by atoms with Gasteiger partial charge in [0.1, 0.15) is 17.4 Å². The number of hydrogen-bond donors (Lipinski definition) is 2. The Kier molecular flexibility index (Phi) is 8.55. The number of H-pyrrole nitrogens is 1. The molecule has 11 nitrogen and oxygen atoms in total. The highest BCUT2D eigenvalue weighted by Crippen LogP contribution is 2.37. The highest BCUT2D eigenvalue weighted by atomic mass is 32.1. The van der Waals surface area contributed by atoms with Gasteiger partial charge in [0.2, 0.25) is 5.91 Å². The topological polar surface area (TPSA) is 138 Å². The van der Waals surface area contributed by atoms with Gasteiger partial charge in [0.05, 0.1) is 41.5 Å².